The third kappa shape index (κ3) is 4.70. The van der Waals surface area contributed by atoms with Gasteiger partial charge in [0.2, 0.25) is 0 Å². The molecule has 0 saturated carbocycles. The third-order valence-electron chi connectivity index (χ3n) is 2.32. The Morgan fingerprint density at radius 2 is 1.42 bits per heavy atom. The van der Waals surface area contributed by atoms with E-state index in [2.05, 4.69) is 25.8 Å². The minimum Gasteiger partial charge on any atom is -0.379 e. The van der Waals surface area contributed by atoms with Crippen molar-refractivity contribution in [1.29, 1.82) is 0 Å². The van der Waals surface area contributed by atoms with Crippen molar-refractivity contribution in [2.75, 3.05) is 27.2 Å². The smallest absolute Gasteiger partial charge is 0.104 e. The van der Waals surface area contributed by atoms with Crippen LogP contribution >= 0.6 is 0 Å². The second kappa shape index (κ2) is 5.51. The van der Waals surface area contributed by atoms with Crippen molar-refractivity contribution in [3.05, 3.63) is 0 Å². The molecular weight excluding hydrogens is 152 g/mol. The molecule has 0 aromatic rings. The minimum atomic E-state index is -0.342. The second-order valence-electron chi connectivity index (χ2n) is 3.69. The maximum absolute atomic E-state index is 9.18. The van der Waals surface area contributed by atoms with E-state index in [1.165, 1.54) is 0 Å². The molecule has 0 rings (SSSR count). The summed E-state index contributed by atoms with van der Waals surface area (Å²) in [7, 11) is 4.03. The van der Waals surface area contributed by atoms with Gasteiger partial charge in [-0.3, -0.25) is 4.90 Å². The molecule has 1 N–H and O–H groups in total. The standard InChI is InChI=1S/C9H22N2O/c1-8(2)10(4)6-7-11(5)9(3)12/h8-9,12H,6-7H2,1-5H3. The van der Waals surface area contributed by atoms with Gasteiger partial charge in [-0.2, -0.15) is 0 Å². The molecule has 0 aliphatic carbocycles. The van der Waals surface area contributed by atoms with E-state index in [1.54, 1.807) is 6.92 Å². The second-order valence-corrected chi connectivity index (χ2v) is 3.69. The van der Waals surface area contributed by atoms with E-state index in [1.807, 2.05) is 11.9 Å². The number of nitrogens with zero attached hydrogens (tertiary/aromatic N) is 2. The normalized spacial score (nSPS) is 14.8. The van der Waals surface area contributed by atoms with Gasteiger partial charge in [0.1, 0.15) is 6.23 Å². The van der Waals surface area contributed by atoms with E-state index in [-0.39, 0.29) is 6.23 Å². The largest absolute Gasteiger partial charge is 0.379 e. The van der Waals surface area contributed by atoms with Crippen molar-refractivity contribution in [1.82, 2.24) is 9.80 Å². The van der Waals surface area contributed by atoms with Crippen LogP contribution in [0.4, 0.5) is 0 Å². The fourth-order valence-electron chi connectivity index (χ4n) is 0.761. The zero-order valence-corrected chi connectivity index (χ0v) is 8.91. The number of hydrogen-bond donors (Lipinski definition) is 1. The van der Waals surface area contributed by atoms with E-state index in [9.17, 15) is 5.11 Å². The summed E-state index contributed by atoms with van der Waals surface area (Å²) in [6.45, 7) is 8.03. The Labute approximate surface area is 76.0 Å². The number of hydrogen-bond acceptors (Lipinski definition) is 3. The zero-order chi connectivity index (χ0) is 9.72. The molecule has 74 valence electrons. The first kappa shape index (κ1) is 11.9. The monoisotopic (exact) mass is 174 g/mol. The van der Waals surface area contributed by atoms with Crippen molar-refractivity contribution in [3.63, 3.8) is 0 Å². The molecule has 0 saturated heterocycles. The summed E-state index contributed by atoms with van der Waals surface area (Å²) in [6, 6.07) is 0.576. The molecule has 3 nitrogen and oxygen atoms in total. The molecule has 0 aromatic heterocycles. The topological polar surface area (TPSA) is 26.7 Å². The Morgan fingerprint density at radius 3 is 1.75 bits per heavy atom. The quantitative estimate of drug-likeness (QED) is 0.618. The fraction of sp³-hybridized carbons (Fsp3) is 1.00. The van der Waals surface area contributed by atoms with E-state index in [0.29, 0.717) is 6.04 Å². The molecule has 0 bridgehead atoms. The van der Waals surface area contributed by atoms with Crippen molar-refractivity contribution >= 4 is 0 Å². The van der Waals surface area contributed by atoms with Crippen LogP contribution in [0.25, 0.3) is 0 Å². The summed E-state index contributed by atoms with van der Waals surface area (Å²) < 4.78 is 0. The molecule has 1 atom stereocenters. The van der Waals surface area contributed by atoms with Crippen molar-refractivity contribution in [3.8, 4) is 0 Å². The average Bonchev–Trinajstić information content (AvgIpc) is 1.98. The van der Waals surface area contributed by atoms with Crippen LogP contribution in [0.1, 0.15) is 20.8 Å². The van der Waals surface area contributed by atoms with Crippen molar-refractivity contribution < 1.29 is 5.11 Å². The van der Waals surface area contributed by atoms with E-state index < -0.39 is 0 Å². The Bertz CT molecular complexity index is 101. The van der Waals surface area contributed by atoms with Gasteiger partial charge in [0.25, 0.3) is 0 Å². The van der Waals surface area contributed by atoms with E-state index in [4.69, 9.17) is 0 Å². The van der Waals surface area contributed by atoms with Crippen LogP contribution in [0.3, 0.4) is 0 Å². The fourth-order valence-corrected chi connectivity index (χ4v) is 0.761. The number of aliphatic hydroxyl groups excluding tert-OH is 1. The number of likely N-dealkylation sites (N-methyl/N-ethyl adjacent to an activating group) is 2. The Balaban J connectivity index is 3.54. The Kier molecular flexibility index (Phi) is 5.46. The first-order valence-corrected chi connectivity index (χ1v) is 4.53. The summed E-state index contributed by atoms with van der Waals surface area (Å²) in [5, 5.41) is 9.18. The Morgan fingerprint density at radius 1 is 1.00 bits per heavy atom. The summed E-state index contributed by atoms with van der Waals surface area (Å²) in [6.07, 6.45) is -0.342. The molecule has 12 heavy (non-hydrogen) atoms. The van der Waals surface area contributed by atoms with E-state index in [0.717, 1.165) is 13.1 Å². The molecule has 0 radical (unpaired) electrons. The maximum atomic E-state index is 9.18. The van der Waals surface area contributed by atoms with Crippen LogP contribution < -0.4 is 0 Å². The van der Waals surface area contributed by atoms with Gasteiger partial charge in [0.05, 0.1) is 0 Å². The maximum Gasteiger partial charge on any atom is 0.104 e. The molecule has 0 amide bonds. The van der Waals surface area contributed by atoms with Crippen molar-refractivity contribution in [2.24, 2.45) is 0 Å². The molecule has 0 aliphatic heterocycles. The van der Waals surface area contributed by atoms with Gasteiger partial charge in [-0.05, 0) is 34.9 Å². The predicted octanol–water partition coefficient (Wildman–Crippen LogP) is 0.597. The first-order valence-electron chi connectivity index (χ1n) is 4.53. The molecule has 0 aliphatic rings. The third-order valence-corrected chi connectivity index (χ3v) is 2.32. The van der Waals surface area contributed by atoms with Crippen LogP contribution in [-0.2, 0) is 0 Å². The molecule has 0 heterocycles. The van der Waals surface area contributed by atoms with Gasteiger partial charge in [-0.15, -0.1) is 0 Å². The number of rotatable bonds is 5. The highest BCUT2D eigenvalue weighted by Gasteiger charge is 2.07. The highest BCUT2D eigenvalue weighted by atomic mass is 16.3. The van der Waals surface area contributed by atoms with Crippen LogP contribution in [0.2, 0.25) is 0 Å². The summed E-state index contributed by atoms with van der Waals surface area (Å²) in [5.74, 6) is 0. The summed E-state index contributed by atoms with van der Waals surface area (Å²) in [5.41, 5.74) is 0. The molecular formula is C9H22N2O. The first-order chi connectivity index (χ1) is 5.45. The lowest BCUT2D eigenvalue weighted by Crippen LogP contribution is -2.38. The van der Waals surface area contributed by atoms with Crippen LogP contribution in [0, 0.1) is 0 Å². The molecule has 1 unspecified atom stereocenters. The summed E-state index contributed by atoms with van der Waals surface area (Å²) >= 11 is 0. The lowest BCUT2D eigenvalue weighted by Gasteiger charge is -2.26. The van der Waals surface area contributed by atoms with Crippen molar-refractivity contribution in [2.45, 2.75) is 33.0 Å². The van der Waals surface area contributed by atoms with E-state index >= 15 is 0 Å². The van der Waals surface area contributed by atoms with Gasteiger partial charge < -0.3 is 10.0 Å². The lowest BCUT2D eigenvalue weighted by molar-refractivity contribution is 0.0317. The zero-order valence-electron chi connectivity index (χ0n) is 8.91. The SMILES string of the molecule is CC(C)N(C)CCN(C)C(C)O. The molecule has 0 aromatic carbocycles. The van der Waals surface area contributed by atoms with Gasteiger partial charge >= 0.3 is 0 Å². The highest BCUT2D eigenvalue weighted by Crippen LogP contribution is 1.95. The highest BCUT2D eigenvalue weighted by molar-refractivity contribution is 4.60. The van der Waals surface area contributed by atoms with Crippen LogP contribution in [0.5, 0.6) is 0 Å². The van der Waals surface area contributed by atoms with Gasteiger partial charge in [0, 0.05) is 19.1 Å². The van der Waals surface area contributed by atoms with Gasteiger partial charge in [-0.25, -0.2) is 0 Å². The average molecular weight is 174 g/mol. The van der Waals surface area contributed by atoms with Crippen LogP contribution in [-0.4, -0.2) is 54.4 Å². The molecule has 0 fully saturated rings. The molecule has 3 heteroatoms. The lowest BCUT2D eigenvalue weighted by atomic mass is 10.3. The molecule has 0 spiro atoms. The predicted molar refractivity (Wildman–Crippen MR) is 52.1 cm³/mol. The summed E-state index contributed by atoms with van der Waals surface area (Å²) in [4.78, 5) is 4.19. The van der Waals surface area contributed by atoms with Crippen LogP contribution in [0.15, 0.2) is 0 Å². The van der Waals surface area contributed by atoms with Gasteiger partial charge in [-0.1, -0.05) is 0 Å². The van der Waals surface area contributed by atoms with Gasteiger partial charge in [0.15, 0.2) is 0 Å². The Hall–Kier alpha value is -0.120. The number of aliphatic hydroxyl groups is 1. The minimum absolute atomic E-state index is 0.342.